The minimum atomic E-state index is -0.555. The predicted molar refractivity (Wildman–Crippen MR) is 76.5 cm³/mol. The van der Waals surface area contributed by atoms with Crippen LogP contribution in [-0.2, 0) is 4.79 Å². The third-order valence-electron chi connectivity index (χ3n) is 3.39. The molecule has 2 heterocycles. The van der Waals surface area contributed by atoms with Crippen molar-refractivity contribution in [1.29, 1.82) is 0 Å². The van der Waals surface area contributed by atoms with Crippen LogP contribution in [0.15, 0.2) is 18.3 Å². The molecule has 0 radical (unpaired) electrons. The molecule has 0 aliphatic carbocycles. The van der Waals surface area contributed by atoms with E-state index in [1.54, 1.807) is 18.3 Å². The van der Waals surface area contributed by atoms with Gasteiger partial charge in [0.2, 0.25) is 5.91 Å². The number of rotatable bonds is 4. The summed E-state index contributed by atoms with van der Waals surface area (Å²) in [5, 5.41) is 0. The molecule has 0 saturated carbocycles. The first-order valence-corrected chi connectivity index (χ1v) is 6.90. The van der Waals surface area contributed by atoms with Crippen LogP contribution in [0.4, 0.5) is 5.69 Å². The zero-order valence-electron chi connectivity index (χ0n) is 11.7. The van der Waals surface area contributed by atoms with Crippen LogP contribution in [0, 0.1) is 0 Å². The molecule has 0 aromatic carbocycles. The summed E-state index contributed by atoms with van der Waals surface area (Å²) in [6.45, 7) is 4.78. The Morgan fingerprint density at radius 3 is 2.95 bits per heavy atom. The molecule has 1 aromatic heterocycles. The van der Waals surface area contributed by atoms with E-state index in [1.807, 2.05) is 9.80 Å². The van der Waals surface area contributed by atoms with Gasteiger partial charge in [-0.3, -0.25) is 14.6 Å². The average molecular weight is 276 g/mol. The van der Waals surface area contributed by atoms with Crippen LogP contribution >= 0.6 is 0 Å². The quantitative estimate of drug-likeness (QED) is 0.874. The van der Waals surface area contributed by atoms with E-state index in [0.717, 1.165) is 38.2 Å². The van der Waals surface area contributed by atoms with Crippen molar-refractivity contribution < 1.29 is 9.59 Å². The third kappa shape index (κ3) is 3.26. The minimum absolute atomic E-state index is 0.127. The van der Waals surface area contributed by atoms with E-state index in [0.29, 0.717) is 6.54 Å². The Labute approximate surface area is 118 Å². The number of anilines is 1. The molecule has 1 saturated heterocycles. The van der Waals surface area contributed by atoms with Crippen molar-refractivity contribution in [2.45, 2.75) is 19.8 Å². The van der Waals surface area contributed by atoms with E-state index >= 15 is 0 Å². The van der Waals surface area contributed by atoms with Crippen molar-refractivity contribution >= 4 is 17.5 Å². The molecule has 1 aromatic rings. The maximum absolute atomic E-state index is 12.2. The molecule has 2 amide bonds. The fraction of sp³-hybridized carbons (Fsp3) is 0.500. The number of pyridine rings is 1. The van der Waals surface area contributed by atoms with Gasteiger partial charge in [0.05, 0.1) is 6.54 Å². The summed E-state index contributed by atoms with van der Waals surface area (Å²) >= 11 is 0. The number of primary amides is 1. The van der Waals surface area contributed by atoms with Crippen LogP contribution in [0.5, 0.6) is 0 Å². The summed E-state index contributed by atoms with van der Waals surface area (Å²) in [5.74, 6) is -0.428. The van der Waals surface area contributed by atoms with Crippen molar-refractivity contribution in [3.63, 3.8) is 0 Å². The molecule has 2 N–H and O–H groups in total. The molecule has 0 atom stereocenters. The van der Waals surface area contributed by atoms with E-state index in [1.165, 1.54) is 0 Å². The number of amides is 2. The second kappa shape index (κ2) is 6.36. The topological polar surface area (TPSA) is 79.5 Å². The van der Waals surface area contributed by atoms with Gasteiger partial charge in [-0.25, -0.2) is 0 Å². The van der Waals surface area contributed by atoms with Crippen LogP contribution in [0.25, 0.3) is 0 Å². The lowest BCUT2D eigenvalue weighted by Gasteiger charge is -2.23. The number of carbonyl (C=O) groups excluding carboxylic acids is 2. The molecule has 6 nitrogen and oxygen atoms in total. The molecule has 1 fully saturated rings. The Bertz CT molecular complexity index is 504. The number of nitrogens with zero attached hydrogens (tertiary/aromatic N) is 3. The van der Waals surface area contributed by atoms with Crippen LogP contribution in [0.2, 0.25) is 0 Å². The maximum Gasteiger partial charge on any atom is 0.267 e. The Morgan fingerprint density at radius 2 is 2.25 bits per heavy atom. The zero-order valence-corrected chi connectivity index (χ0v) is 11.7. The zero-order chi connectivity index (χ0) is 14.5. The van der Waals surface area contributed by atoms with Crippen LogP contribution < -0.4 is 10.6 Å². The Balaban J connectivity index is 2.15. The van der Waals surface area contributed by atoms with Gasteiger partial charge in [-0.05, 0) is 25.0 Å². The normalized spacial score (nSPS) is 16.1. The predicted octanol–water partition coefficient (Wildman–Crippen LogP) is 0.629. The Kier molecular flexibility index (Phi) is 4.55. The largest absolute Gasteiger partial charge is 0.364 e. The molecule has 1 aliphatic heterocycles. The van der Waals surface area contributed by atoms with Gasteiger partial charge in [0.1, 0.15) is 5.69 Å². The van der Waals surface area contributed by atoms with Crippen LogP contribution in [0.3, 0.4) is 0 Å². The standard InChI is InChI=1S/C14H20N4O2/c1-2-6-17-7-3-8-18(10-13(17)19)11-4-5-16-12(9-11)14(15)20/h4-5,9H,2-3,6-8,10H2,1H3,(H2,15,20). The number of hydrogen-bond acceptors (Lipinski definition) is 4. The van der Waals surface area contributed by atoms with Crippen molar-refractivity contribution in [2.24, 2.45) is 5.73 Å². The number of nitrogens with two attached hydrogens (primary N) is 1. The summed E-state index contributed by atoms with van der Waals surface area (Å²) in [6, 6.07) is 3.44. The van der Waals surface area contributed by atoms with E-state index in [2.05, 4.69) is 11.9 Å². The van der Waals surface area contributed by atoms with Gasteiger partial charge in [-0.1, -0.05) is 6.92 Å². The van der Waals surface area contributed by atoms with Gasteiger partial charge in [0.25, 0.3) is 5.91 Å². The first kappa shape index (κ1) is 14.3. The highest BCUT2D eigenvalue weighted by molar-refractivity contribution is 5.92. The highest BCUT2D eigenvalue weighted by atomic mass is 16.2. The van der Waals surface area contributed by atoms with E-state index in [9.17, 15) is 9.59 Å². The fourth-order valence-electron chi connectivity index (χ4n) is 2.40. The van der Waals surface area contributed by atoms with Crippen molar-refractivity contribution in [3.05, 3.63) is 24.0 Å². The lowest BCUT2D eigenvalue weighted by atomic mass is 10.2. The fourth-order valence-corrected chi connectivity index (χ4v) is 2.40. The molecule has 108 valence electrons. The summed E-state index contributed by atoms with van der Waals surface area (Å²) in [4.78, 5) is 31.2. The lowest BCUT2D eigenvalue weighted by molar-refractivity contribution is -0.129. The first-order valence-electron chi connectivity index (χ1n) is 6.90. The maximum atomic E-state index is 12.2. The summed E-state index contributed by atoms with van der Waals surface area (Å²) in [7, 11) is 0. The second-order valence-electron chi connectivity index (χ2n) is 4.92. The highest BCUT2D eigenvalue weighted by Gasteiger charge is 2.21. The van der Waals surface area contributed by atoms with Gasteiger partial charge in [-0.15, -0.1) is 0 Å². The SMILES string of the molecule is CCCN1CCCN(c2ccnc(C(N)=O)c2)CC1=O. The monoisotopic (exact) mass is 276 g/mol. The van der Waals surface area contributed by atoms with E-state index in [4.69, 9.17) is 5.73 Å². The smallest absolute Gasteiger partial charge is 0.267 e. The molecule has 20 heavy (non-hydrogen) atoms. The molecule has 0 bridgehead atoms. The number of carbonyl (C=O) groups is 2. The molecule has 6 heteroatoms. The molecule has 1 aliphatic rings. The summed E-state index contributed by atoms with van der Waals surface area (Å²) in [6.07, 6.45) is 3.43. The van der Waals surface area contributed by atoms with Crippen LogP contribution in [0.1, 0.15) is 30.3 Å². The number of hydrogen-bond donors (Lipinski definition) is 1. The number of aromatic nitrogens is 1. The van der Waals surface area contributed by atoms with Gasteiger partial charge in [0, 0.05) is 31.5 Å². The molecule has 2 rings (SSSR count). The van der Waals surface area contributed by atoms with Crippen molar-refractivity contribution in [2.75, 3.05) is 31.1 Å². The van der Waals surface area contributed by atoms with E-state index in [-0.39, 0.29) is 11.6 Å². The molecule has 0 unspecified atom stereocenters. The molecule has 0 spiro atoms. The molecular weight excluding hydrogens is 256 g/mol. The second-order valence-corrected chi connectivity index (χ2v) is 4.92. The average Bonchev–Trinajstić information content (AvgIpc) is 2.62. The van der Waals surface area contributed by atoms with Crippen LogP contribution in [-0.4, -0.2) is 47.9 Å². The van der Waals surface area contributed by atoms with Gasteiger partial charge >= 0.3 is 0 Å². The van der Waals surface area contributed by atoms with Gasteiger partial charge < -0.3 is 15.5 Å². The van der Waals surface area contributed by atoms with Gasteiger partial charge in [0.15, 0.2) is 0 Å². The van der Waals surface area contributed by atoms with E-state index < -0.39 is 5.91 Å². The Morgan fingerprint density at radius 1 is 1.45 bits per heavy atom. The minimum Gasteiger partial charge on any atom is -0.364 e. The summed E-state index contributed by atoms with van der Waals surface area (Å²) in [5.41, 5.74) is 6.28. The lowest BCUT2D eigenvalue weighted by Crippen LogP contribution is -2.37. The van der Waals surface area contributed by atoms with Crippen molar-refractivity contribution in [1.82, 2.24) is 9.88 Å². The van der Waals surface area contributed by atoms with Gasteiger partial charge in [-0.2, -0.15) is 0 Å². The van der Waals surface area contributed by atoms with Crippen molar-refractivity contribution in [3.8, 4) is 0 Å². The third-order valence-corrected chi connectivity index (χ3v) is 3.39. The first-order chi connectivity index (χ1) is 9.61. The summed E-state index contributed by atoms with van der Waals surface area (Å²) < 4.78 is 0. The molecular formula is C14H20N4O2. The Hall–Kier alpha value is -2.11. The highest BCUT2D eigenvalue weighted by Crippen LogP contribution is 2.17.